The maximum atomic E-state index is 12.6. The predicted molar refractivity (Wildman–Crippen MR) is 73.2 cm³/mol. The number of halogens is 3. The smallest absolute Gasteiger partial charge is 0.330 e. The molecule has 0 amide bonds. The first kappa shape index (κ1) is 15.3. The second-order valence-corrected chi connectivity index (χ2v) is 5.39. The van der Waals surface area contributed by atoms with Crippen molar-refractivity contribution in [2.24, 2.45) is 11.7 Å². The third kappa shape index (κ3) is 3.15. The minimum atomic E-state index is -4.27. The highest BCUT2D eigenvalue weighted by atomic mass is 19.4. The van der Waals surface area contributed by atoms with Crippen molar-refractivity contribution < 1.29 is 13.2 Å². The number of nitrogens with two attached hydrogens (primary N) is 1. The van der Waals surface area contributed by atoms with Crippen molar-refractivity contribution in [3.8, 4) is 0 Å². The van der Waals surface area contributed by atoms with Crippen molar-refractivity contribution in [3.63, 3.8) is 0 Å². The molecular formula is C15H21F3N2. The lowest BCUT2D eigenvalue weighted by atomic mass is 9.93. The minimum Gasteiger partial charge on any atom is -0.330 e. The Labute approximate surface area is 117 Å². The van der Waals surface area contributed by atoms with Crippen LogP contribution in [-0.4, -0.2) is 24.5 Å². The molecule has 1 aliphatic rings. The van der Waals surface area contributed by atoms with Gasteiger partial charge >= 0.3 is 6.18 Å². The number of nitrogens with zero attached hydrogens (tertiary/aromatic N) is 1. The molecule has 0 spiro atoms. The lowest BCUT2D eigenvalue weighted by molar-refractivity contribution is -0.137. The van der Waals surface area contributed by atoms with Crippen molar-refractivity contribution in [1.29, 1.82) is 0 Å². The van der Waals surface area contributed by atoms with Crippen LogP contribution in [0.2, 0.25) is 0 Å². The normalized spacial score (nSPS) is 24.2. The molecule has 20 heavy (non-hydrogen) atoms. The number of hydrogen-bond acceptors (Lipinski definition) is 2. The predicted octanol–water partition coefficient (Wildman–Crippen LogP) is 3.44. The van der Waals surface area contributed by atoms with Crippen molar-refractivity contribution in [3.05, 3.63) is 35.4 Å². The highest BCUT2D eigenvalue weighted by Gasteiger charge is 2.35. The van der Waals surface area contributed by atoms with Crippen LogP contribution >= 0.6 is 0 Å². The van der Waals surface area contributed by atoms with Gasteiger partial charge < -0.3 is 5.73 Å². The molecule has 1 aromatic carbocycles. The first-order chi connectivity index (χ1) is 9.47. The van der Waals surface area contributed by atoms with E-state index in [1.807, 2.05) is 0 Å². The van der Waals surface area contributed by atoms with Gasteiger partial charge in [-0.2, -0.15) is 13.2 Å². The molecule has 1 fully saturated rings. The van der Waals surface area contributed by atoms with E-state index >= 15 is 0 Å². The first-order valence-corrected chi connectivity index (χ1v) is 7.08. The Bertz CT molecular complexity index is 428. The van der Waals surface area contributed by atoms with Crippen LogP contribution in [0.1, 0.15) is 36.9 Å². The van der Waals surface area contributed by atoms with Gasteiger partial charge in [-0.15, -0.1) is 0 Å². The topological polar surface area (TPSA) is 29.3 Å². The lowest BCUT2D eigenvalue weighted by Gasteiger charge is -2.28. The molecule has 1 heterocycles. The fourth-order valence-corrected chi connectivity index (χ4v) is 3.06. The van der Waals surface area contributed by atoms with E-state index in [1.54, 1.807) is 12.1 Å². The summed E-state index contributed by atoms with van der Waals surface area (Å²) < 4.78 is 37.8. The van der Waals surface area contributed by atoms with Crippen LogP contribution in [0, 0.1) is 5.92 Å². The summed E-state index contributed by atoms with van der Waals surface area (Å²) in [7, 11) is 0. The van der Waals surface area contributed by atoms with Crippen LogP contribution in [0.5, 0.6) is 0 Å². The van der Waals surface area contributed by atoms with Crippen LogP contribution in [0.25, 0.3) is 0 Å². The summed E-state index contributed by atoms with van der Waals surface area (Å²) in [5, 5.41) is 0. The van der Waals surface area contributed by atoms with Gasteiger partial charge in [0, 0.05) is 6.04 Å². The molecule has 0 bridgehead atoms. The van der Waals surface area contributed by atoms with Crippen LogP contribution in [-0.2, 0) is 6.18 Å². The van der Waals surface area contributed by atoms with E-state index in [2.05, 4.69) is 11.8 Å². The van der Waals surface area contributed by atoms with Gasteiger partial charge in [-0.1, -0.05) is 19.1 Å². The van der Waals surface area contributed by atoms with Crippen molar-refractivity contribution in [2.75, 3.05) is 19.6 Å². The molecule has 1 aliphatic heterocycles. The summed E-state index contributed by atoms with van der Waals surface area (Å²) in [6.45, 7) is 4.62. The summed E-state index contributed by atoms with van der Waals surface area (Å²) in [5.41, 5.74) is 6.16. The van der Waals surface area contributed by atoms with E-state index in [-0.39, 0.29) is 6.04 Å². The molecule has 0 radical (unpaired) electrons. The Morgan fingerprint density at radius 3 is 2.40 bits per heavy atom. The number of likely N-dealkylation sites (tertiary alicyclic amines) is 1. The Morgan fingerprint density at radius 1 is 1.25 bits per heavy atom. The highest BCUT2D eigenvalue weighted by molar-refractivity contribution is 5.28. The zero-order chi connectivity index (χ0) is 14.8. The zero-order valence-corrected chi connectivity index (χ0v) is 11.7. The SMILES string of the molecule is CCCN1CCC(CN)C1c1ccc(C(F)(F)F)cc1. The monoisotopic (exact) mass is 286 g/mol. The Morgan fingerprint density at radius 2 is 1.90 bits per heavy atom. The van der Waals surface area contributed by atoms with Gasteiger partial charge in [0.2, 0.25) is 0 Å². The average Bonchev–Trinajstić information content (AvgIpc) is 2.81. The lowest BCUT2D eigenvalue weighted by Crippen LogP contribution is -2.28. The van der Waals surface area contributed by atoms with Gasteiger partial charge in [0.15, 0.2) is 0 Å². The maximum Gasteiger partial charge on any atom is 0.416 e. The molecule has 2 nitrogen and oxygen atoms in total. The largest absolute Gasteiger partial charge is 0.416 e. The van der Waals surface area contributed by atoms with Crippen LogP contribution in [0.3, 0.4) is 0 Å². The molecule has 2 atom stereocenters. The standard InChI is InChI=1S/C15H21F3N2/c1-2-8-20-9-7-12(10-19)14(20)11-3-5-13(6-4-11)15(16,17)18/h3-6,12,14H,2,7-10,19H2,1H3. The van der Waals surface area contributed by atoms with E-state index in [9.17, 15) is 13.2 Å². The molecule has 112 valence electrons. The second-order valence-electron chi connectivity index (χ2n) is 5.39. The van der Waals surface area contributed by atoms with Crippen LogP contribution in [0.4, 0.5) is 13.2 Å². The Kier molecular flexibility index (Phi) is 4.70. The van der Waals surface area contributed by atoms with Gasteiger partial charge in [-0.25, -0.2) is 0 Å². The van der Waals surface area contributed by atoms with Crippen molar-refractivity contribution >= 4 is 0 Å². The Hall–Kier alpha value is -1.07. The van der Waals surface area contributed by atoms with E-state index in [0.717, 1.165) is 31.5 Å². The number of hydrogen-bond donors (Lipinski definition) is 1. The molecule has 0 aliphatic carbocycles. The first-order valence-electron chi connectivity index (χ1n) is 7.08. The third-order valence-electron chi connectivity index (χ3n) is 4.02. The fourth-order valence-electron chi connectivity index (χ4n) is 3.06. The molecule has 2 N–H and O–H groups in total. The van der Waals surface area contributed by atoms with Gasteiger partial charge in [-0.3, -0.25) is 4.90 Å². The highest BCUT2D eigenvalue weighted by Crippen LogP contribution is 2.38. The molecule has 0 aromatic heterocycles. The zero-order valence-electron chi connectivity index (χ0n) is 11.7. The second kappa shape index (κ2) is 6.14. The number of alkyl halides is 3. The van der Waals surface area contributed by atoms with Gasteiger partial charge in [0.05, 0.1) is 5.56 Å². The third-order valence-corrected chi connectivity index (χ3v) is 4.02. The Balaban J connectivity index is 2.23. The van der Waals surface area contributed by atoms with Gasteiger partial charge in [0.1, 0.15) is 0 Å². The molecule has 1 aromatic rings. The van der Waals surface area contributed by atoms with E-state index in [4.69, 9.17) is 5.73 Å². The maximum absolute atomic E-state index is 12.6. The van der Waals surface area contributed by atoms with E-state index in [1.165, 1.54) is 12.1 Å². The fraction of sp³-hybridized carbons (Fsp3) is 0.600. The summed E-state index contributed by atoms with van der Waals surface area (Å²) >= 11 is 0. The molecule has 2 unspecified atom stereocenters. The molecule has 5 heteroatoms. The quantitative estimate of drug-likeness (QED) is 0.918. The minimum absolute atomic E-state index is 0.155. The van der Waals surface area contributed by atoms with E-state index in [0.29, 0.717) is 12.5 Å². The van der Waals surface area contributed by atoms with Crippen LogP contribution in [0.15, 0.2) is 24.3 Å². The summed E-state index contributed by atoms with van der Waals surface area (Å²) in [5.74, 6) is 0.332. The molecule has 2 rings (SSSR count). The number of rotatable bonds is 4. The summed E-state index contributed by atoms with van der Waals surface area (Å²) in [6.07, 6.45) is -2.22. The summed E-state index contributed by atoms with van der Waals surface area (Å²) in [4.78, 5) is 2.33. The summed E-state index contributed by atoms with van der Waals surface area (Å²) in [6, 6.07) is 5.70. The van der Waals surface area contributed by atoms with Gasteiger partial charge in [-0.05, 0) is 56.1 Å². The number of benzene rings is 1. The molecule has 0 saturated carbocycles. The molecular weight excluding hydrogens is 265 g/mol. The van der Waals surface area contributed by atoms with Gasteiger partial charge in [0.25, 0.3) is 0 Å². The molecule has 1 saturated heterocycles. The van der Waals surface area contributed by atoms with E-state index < -0.39 is 11.7 Å². The average molecular weight is 286 g/mol. The van der Waals surface area contributed by atoms with Crippen LogP contribution < -0.4 is 5.73 Å². The van der Waals surface area contributed by atoms with Crippen molar-refractivity contribution in [2.45, 2.75) is 32.0 Å². The van der Waals surface area contributed by atoms with Crippen molar-refractivity contribution in [1.82, 2.24) is 4.90 Å².